The van der Waals surface area contributed by atoms with Crippen molar-refractivity contribution in [3.8, 4) is 0 Å². The van der Waals surface area contributed by atoms with Gasteiger partial charge in [-0.05, 0) is 50.8 Å². The van der Waals surface area contributed by atoms with Crippen molar-refractivity contribution in [2.24, 2.45) is 0 Å². The molecule has 0 aliphatic heterocycles. The molecule has 1 N–H and O–H groups in total. The highest BCUT2D eigenvalue weighted by Crippen LogP contribution is 2.24. The number of rotatable bonds is 8. The van der Waals surface area contributed by atoms with Crippen molar-refractivity contribution >= 4 is 11.6 Å². The van der Waals surface area contributed by atoms with Gasteiger partial charge in [-0.3, -0.25) is 0 Å². The van der Waals surface area contributed by atoms with Gasteiger partial charge in [-0.2, -0.15) is 0 Å². The van der Waals surface area contributed by atoms with Crippen LogP contribution in [0.3, 0.4) is 0 Å². The molecule has 1 rings (SSSR count). The lowest BCUT2D eigenvalue weighted by molar-refractivity contribution is 0.394. The van der Waals surface area contributed by atoms with Gasteiger partial charge in [0.25, 0.3) is 0 Å². The lowest BCUT2D eigenvalue weighted by Crippen LogP contribution is -2.38. The third-order valence-electron chi connectivity index (χ3n) is 3.63. The molecular weight excluding hydrogens is 266 g/mol. The normalized spacial score (nSPS) is 13.4. The second kappa shape index (κ2) is 8.69. The molecule has 0 aliphatic carbocycles. The number of hydrogen-bond donors (Lipinski definition) is 1. The molecule has 0 spiro atoms. The first-order chi connectivity index (χ1) is 9.42. The third kappa shape index (κ3) is 7.31. The molecule has 0 saturated carbocycles. The fraction of sp³-hybridized carbons (Fsp3) is 0.667. The standard InChI is InChI=1S/C18H30ClN/c1-5-6-7-8-9-16(14-20-18(2,3)4)15-10-12-17(19)13-11-15/h10-13,16,20H,5-9,14H2,1-4H3. The number of nitrogens with one attached hydrogen (secondary N) is 1. The number of unbranched alkanes of at least 4 members (excludes halogenated alkanes) is 3. The monoisotopic (exact) mass is 295 g/mol. The molecule has 0 aromatic heterocycles. The maximum Gasteiger partial charge on any atom is 0.0406 e. The van der Waals surface area contributed by atoms with Crippen LogP contribution in [-0.4, -0.2) is 12.1 Å². The minimum absolute atomic E-state index is 0.175. The van der Waals surface area contributed by atoms with E-state index >= 15 is 0 Å². The summed E-state index contributed by atoms with van der Waals surface area (Å²) in [6, 6.07) is 8.37. The summed E-state index contributed by atoms with van der Waals surface area (Å²) in [5, 5.41) is 4.46. The van der Waals surface area contributed by atoms with Crippen molar-refractivity contribution in [3.63, 3.8) is 0 Å². The Kier molecular flexibility index (Phi) is 7.61. The molecule has 0 radical (unpaired) electrons. The van der Waals surface area contributed by atoms with Crippen LogP contribution in [0.5, 0.6) is 0 Å². The first-order valence-electron chi connectivity index (χ1n) is 7.93. The molecule has 2 heteroatoms. The summed E-state index contributed by atoms with van der Waals surface area (Å²) in [5.74, 6) is 0.586. The van der Waals surface area contributed by atoms with Crippen LogP contribution in [0, 0.1) is 0 Å². The van der Waals surface area contributed by atoms with E-state index in [1.54, 1.807) is 0 Å². The van der Waals surface area contributed by atoms with Crippen LogP contribution in [0.4, 0.5) is 0 Å². The van der Waals surface area contributed by atoms with E-state index < -0.39 is 0 Å². The van der Waals surface area contributed by atoms with Crippen LogP contribution in [-0.2, 0) is 0 Å². The van der Waals surface area contributed by atoms with Crippen molar-refractivity contribution in [2.75, 3.05) is 6.54 Å². The number of benzene rings is 1. The van der Waals surface area contributed by atoms with Gasteiger partial charge >= 0.3 is 0 Å². The summed E-state index contributed by atoms with van der Waals surface area (Å²) in [5.41, 5.74) is 1.58. The van der Waals surface area contributed by atoms with E-state index in [4.69, 9.17) is 11.6 Å². The second-order valence-electron chi connectivity index (χ2n) is 6.73. The molecular formula is C18H30ClN. The Hall–Kier alpha value is -0.530. The zero-order chi connectivity index (χ0) is 15.0. The van der Waals surface area contributed by atoms with Crippen molar-refractivity contribution < 1.29 is 0 Å². The molecule has 0 amide bonds. The van der Waals surface area contributed by atoms with E-state index in [-0.39, 0.29) is 5.54 Å². The Morgan fingerprint density at radius 3 is 2.25 bits per heavy atom. The molecule has 0 bridgehead atoms. The van der Waals surface area contributed by atoms with Gasteiger partial charge in [-0.1, -0.05) is 56.3 Å². The van der Waals surface area contributed by atoms with E-state index in [0.717, 1.165) is 11.6 Å². The van der Waals surface area contributed by atoms with Gasteiger partial charge in [0.2, 0.25) is 0 Å². The maximum atomic E-state index is 6.00. The van der Waals surface area contributed by atoms with Gasteiger partial charge in [0, 0.05) is 17.1 Å². The van der Waals surface area contributed by atoms with Gasteiger partial charge in [0.05, 0.1) is 0 Å². The number of halogens is 1. The highest BCUT2D eigenvalue weighted by Gasteiger charge is 2.15. The lowest BCUT2D eigenvalue weighted by Gasteiger charge is -2.26. The zero-order valence-corrected chi connectivity index (χ0v) is 14.3. The van der Waals surface area contributed by atoms with Crippen LogP contribution in [0.2, 0.25) is 5.02 Å². The van der Waals surface area contributed by atoms with Crippen molar-refractivity contribution in [1.82, 2.24) is 5.32 Å². The molecule has 1 unspecified atom stereocenters. The van der Waals surface area contributed by atoms with E-state index in [0.29, 0.717) is 5.92 Å². The van der Waals surface area contributed by atoms with Crippen LogP contribution in [0.1, 0.15) is 71.3 Å². The van der Waals surface area contributed by atoms with E-state index in [1.807, 2.05) is 12.1 Å². The van der Waals surface area contributed by atoms with Crippen LogP contribution in [0.25, 0.3) is 0 Å². The van der Waals surface area contributed by atoms with Crippen molar-refractivity contribution in [1.29, 1.82) is 0 Å². The Morgan fingerprint density at radius 2 is 1.70 bits per heavy atom. The Labute approximate surface area is 130 Å². The molecule has 1 nitrogen and oxygen atoms in total. The van der Waals surface area contributed by atoms with Gasteiger partial charge < -0.3 is 5.32 Å². The minimum atomic E-state index is 0.175. The zero-order valence-electron chi connectivity index (χ0n) is 13.5. The summed E-state index contributed by atoms with van der Waals surface area (Å²) in [6.45, 7) is 9.98. The quantitative estimate of drug-likeness (QED) is 0.599. The van der Waals surface area contributed by atoms with E-state index in [9.17, 15) is 0 Å². The highest BCUT2D eigenvalue weighted by molar-refractivity contribution is 6.30. The fourth-order valence-electron chi connectivity index (χ4n) is 2.37. The molecule has 1 atom stereocenters. The fourth-order valence-corrected chi connectivity index (χ4v) is 2.49. The predicted octanol–water partition coefficient (Wildman–Crippen LogP) is 5.78. The van der Waals surface area contributed by atoms with Gasteiger partial charge in [-0.15, -0.1) is 0 Å². The van der Waals surface area contributed by atoms with Crippen molar-refractivity contribution in [2.45, 2.75) is 71.3 Å². The average Bonchev–Trinajstić information content (AvgIpc) is 2.38. The molecule has 20 heavy (non-hydrogen) atoms. The van der Waals surface area contributed by atoms with Crippen molar-refractivity contribution in [3.05, 3.63) is 34.9 Å². The Balaban J connectivity index is 2.60. The van der Waals surface area contributed by atoms with Gasteiger partial charge in [0.15, 0.2) is 0 Å². The molecule has 1 aromatic rings. The predicted molar refractivity (Wildman–Crippen MR) is 90.7 cm³/mol. The van der Waals surface area contributed by atoms with Gasteiger partial charge in [-0.25, -0.2) is 0 Å². The Bertz CT molecular complexity index is 364. The molecule has 0 fully saturated rings. The van der Waals surface area contributed by atoms with Crippen LogP contribution < -0.4 is 5.32 Å². The average molecular weight is 296 g/mol. The molecule has 0 saturated heterocycles. The summed E-state index contributed by atoms with van der Waals surface area (Å²) >= 11 is 6.00. The summed E-state index contributed by atoms with van der Waals surface area (Å²) in [4.78, 5) is 0. The molecule has 1 aromatic carbocycles. The number of hydrogen-bond acceptors (Lipinski definition) is 1. The largest absolute Gasteiger partial charge is 0.311 e. The topological polar surface area (TPSA) is 12.0 Å². The van der Waals surface area contributed by atoms with E-state index in [2.05, 4.69) is 45.1 Å². The molecule has 0 heterocycles. The van der Waals surface area contributed by atoms with Crippen LogP contribution in [0.15, 0.2) is 24.3 Å². The summed E-state index contributed by atoms with van der Waals surface area (Å²) < 4.78 is 0. The summed E-state index contributed by atoms with van der Waals surface area (Å²) in [6.07, 6.45) is 6.56. The smallest absolute Gasteiger partial charge is 0.0406 e. The lowest BCUT2D eigenvalue weighted by atomic mass is 9.92. The third-order valence-corrected chi connectivity index (χ3v) is 3.88. The Morgan fingerprint density at radius 1 is 1.05 bits per heavy atom. The molecule has 114 valence electrons. The first kappa shape index (κ1) is 17.5. The minimum Gasteiger partial charge on any atom is -0.311 e. The van der Waals surface area contributed by atoms with E-state index in [1.165, 1.54) is 37.7 Å². The second-order valence-corrected chi connectivity index (χ2v) is 7.17. The SMILES string of the molecule is CCCCCCC(CNC(C)(C)C)c1ccc(Cl)cc1. The van der Waals surface area contributed by atoms with Gasteiger partial charge in [0.1, 0.15) is 0 Å². The first-order valence-corrected chi connectivity index (χ1v) is 8.30. The maximum absolute atomic E-state index is 6.00. The summed E-state index contributed by atoms with van der Waals surface area (Å²) in [7, 11) is 0. The van der Waals surface area contributed by atoms with Crippen LogP contribution >= 0.6 is 11.6 Å². The highest BCUT2D eigenvalue weighted by atomic mass is 35.5. The molecule has 0 aliphatic rings.